The summed E-state index contributed by atoms with van der Waals surface area (Å²) >= 11 is 3.01. The van der Waals surface area contributed by atoms with Crippen molar-refractivity contribution in [3.8, 4) is 21.4 Å². The number of esters is 1. The third-order valence-electron chi connectivity index (χ3n) is 2.72. The van der Waals surface area contributed by atoms with Crippen LogP contribution in [0.5, 0.6) is 11.5 Å². The molecule has 0 N–H and O–H groups in total. The van der Waals surface area contributed by atoms with Crippen LogP contribution in [-0.4, -0.2) is 18.1 Å². The lowest BCUT2D eigenvalue weighted by molar-refractivity contribution is 0.0724. The highest BCUT2D eigenvalue weighted by atomic mass is 32.1. The summed E-state index contributed by atoms with van der Waals surface area (Å²) in [4.78, 5) is 17.5. The largest absolute Gasteiger partial charge is 0.493 e. The van der Waals surface area contributed by atoms with Crippen LogP contribution in [0, 0.1) is 0 Å². The van der Waals surface area contributed by atoms with Gasteiger partial charge in [0.05, 0.1) is 12.0 Å². The van der Waals surface area contributed by atoms with E-state index in [-0.39, 0.29) is 0 Å². The number of thiazole rings is 1. The summed E-state index contributed by atoms with van der Waals surface area (Å²) < 4.78 is 10.5. The molecular weight excluding hydrogens is 306 g/mol. The second-order valence-corrected chi connectivity index (χ2v) is 5.86. The van der Waals surface area contributed by atoms with E-state index in [1.54, 1.807) is 34.9 Å². The SMILES string of the molecule is COc1ccccc1OC(=O)c1csc(-c2cccs2)n1. The Hall–Kier alpha value is -2.18. The number of ether oxygens (including phenoxy) is 2. The Balaban J connectivity index is 1.80. The van der Waals surface area contributed by atoms with Gasteiger partial charge in [0.25, 0.3) is 0 Å². The number of benzene rings is 1. The van der Waals surface area contributed by atoms with Crippen LogP contribution in [0.25, 0.3) is 9.88 Å². The van der Waals surface area contributed by atoms with E-state index in [9.17, 15) is 4.79 Å². The first-order chi connectivity index (χ1) is 10.3. The molecule has 0 radical (unpaired) electrons. The van der Waals surface area contributed by atoms with Crippen molar-refractivity contribution in [1.29, 1.82) is 0 Å². The molecule has 0 bridgehead atoms. The maximum Gasteiger partial charge on any atom is 0.363 e. The van der Waals surface area contributed by atoms with Gasteiger partial charge >= 0.3 is 5.97 Å². The van der Waals surface area contributed by atoms with Crippen molar-refractivity contribution in [2.45, 2.75) is 0 Å². The minimum Gasteiger partial charge on any atom is -0.493 e. The highest BCUT2D eigenvalue weighted by Crippen LogP contribution is 2.29. The fourth-order valence-electron chi connectivity index (χ4n) is 1.74. The molecule has 0 amide bonds. The van der Waals surface area contributed by atoms with E-state index in [2.05, 4.69) is 4.98 Å². The lowest BCUT2D eigenvalue weighted by Gasteiger charge is -2.07. The molecule has 1 aromatic carbocycles. The third kappa shape index (κ3) is 2.96. The summed E-state index contributed by atoms with van der Waals surface area (Å²) in [5, 5.41) is 4.49. The number of para-hydroxylation sites is 2. The van der Waals surface area contributed by atoms with E-state index >= 15 is 0 Å². The van der Waals surface area contributed by atoms with Gasteiger partial charge in [0.15, 0.2) is 17.2 Å². The minimum absolute atomic E-state index is 0.300. The maximum absolute atomic E-state index is 12.1. The average Bonchev–Trinajstić information content (AvgIpc) is 3.18. The molecule has 0 spiro atoms. The Morgan fingerprint density at radius 1 is 1.10 bits per heavy atom. The van der Waals surface area contributed by atoms with Gasteiger partial charge in [-0.05, 0) is 23.6 Å². The molecule has 0 aliphatic carbocycles. The Morgan fingerprint density at radius 3 is 2.62 bits per heavy atom. The van der Waals surface area contributed by atoms with Crippen LogP contribution in [0.3, 0.4) is 0 Å². The Morgan fingerprint density at radius 2 is 1.90 bits per heavy atom. The molecule has 3 aromatic rings. The van der Waals surface area contributed by atoms with Crippen molar-refractivity contribution in [2.75, 3.05) is 7.11 Å². The number of aromatic nitrogens is 1. The van der Waals surface area contributed by atoms with E-state index in [4.69, 9.17) is 9.47 Å². The molecule has 0 unspecified atom stereocenters. The topological polar surface area (TPSA) is 48.4 Å². The zero-order chi connectivity index (χ0) is 14.7. The lowest BCUT2D eigenvalue weighted by Crippen LogP contribution is -2.09. The smallest absolute Gasteiger partial charge is 0.363 e. The number of carbonyl (C=O) groups is 1. The summed E-state index contributed by atoms with van der Waals surface area (Å²) in [5.41, 5.74) is 0.300. The predicted octanol–water partition coefficient (Wildman–Crippen LogP) is 4.10. The number of methoxy groups -OCH3 is 1. The van der Waals surface area contributed by atoms with Crippen LogP contribution in [0.4, 0.5) is 0 Å². The highest BCUT2D eigenvalue weighted by Gasteiger charge is 2.16. The lowest BCUT2D eigenvalue weighted by atomic mass is 10.3. The molecule has 2 heterocycles. The number of thiophene rings is 1. The summed E-state index contributed by atoms with van der Waals surface area (Å²) in [7, 11) is 1.53. The number of hydrogen-bond donors (Lipinski definition) is 0. The molecule has 0 fully saturated rings. The van der Waals surface area contributed by atoms with E-state index < -0.39 is 5.97 Å². The van der Waals surface area contributed by atoms with Gasteiger partial charge in [-0.1, -0.05) is 18.2 Å². The molecule has 6 heteroatoms. The standard InChI is InChI=1S/C15H11NO3S2/c1-18-11-5-2-3-6-12(11)19-15(17)10-9-21-14(16-10)13-7-4-8-20-13/h2-9H,1H3. The number of hydrogen-bond acceptors (Lipinski definition) is 6. The van der Waals surface area contributed by atoms with Crippen LogP contribution in [-0.2, 0) is 0 Å². The van der Waals surface area contributed by atoms with Gasteiger partial charge in [-0.15, -0.1) is 22.7 Å². The van der Waals surface area contributed by atoms with Crippen LogP contribution >= 0.6 is 22.7 Å². The van der Waals surface area contributed by atoms with Gasteiger partial charge in [0.2, 0.25) is 0 Å². The van der Waals surface area contributed by atoms with Crippen LogP contribution in [0.15, 0.2) is 47.2 Å². The predicted molar refractivity (Wildman–Crippen MR) is 83.4 cm³/mol. The first-order valence-electron chi connectivity index (χ1n) is 6.12. The van der Waals surface area contributed by atoms with Crippen molar-refractivity contribution in [3.63, 3.8) is 0 Å². The van der Waals surface area contributed by atoms with Gasteiger partial charge in [0, 0.05) is 5.38 Å². The fourth-order valence-corrected chi connectivity index (χ4v) is 3.34. The summed E-state index contributed by atoms with van der Waals surface area (Å²) in [6, 6.07) is 10.9. The molecule has 3 rings (SSSR count). The second kappa shape index (κ2) is 6.07. The molecule has 0 aliphatic rings. The van der Waals surface area contributed by atoms with Gasteiger partial charge in [-0.3, -0.25) is 0 Å². The Kier molecular flexibility index (Phi) is 3.98. The van der Waals surface area contributed by atoms with Crippen molar-refractivity contribution < 1.29 is 14.3 Å². The van der Waals surface area contributed by atoms with Crippen molar-refractivity contribution >= 4 is 28.6 Å². The van der Waals surface area contributed by atoms with Gasteiger partial charge in [-0.25, -0.2) is 9.78 Å². The molecule has 0 aliphatic heterocycles. The van der Waals surface area contributed by atoms with E-state index in [1.165, 1.54) is 18.4 Å². The van der Waals surface area contributed by atoms with Crippen molar-refractivity contribution in [2.24, 2.45) is 0 Å². The summed E-state index contributed by atoms with van der Waals surface area (Å²) in [6.45, 7) is 0. The van der Waals surface area contributed by atoms with E-state index in [1.807, 2.05) is 23.6 Å². The number of nitrogens with zero attached hydrogens (tertiary/aromatic N) is 1. The third-order valence-corrected chi connectivity index (χ3v) is 4.60. The molecule has 4 nitrogen and oxygen atoms in total. The van der Waals surface area contributed by atoms with E-state index in [0.717, 1.165) is 9.88 Å². The molecule has 2 aromatic heterocycles. The Bertz CT molecular complexity index is 750. The normalized spacial score (nSPS) is 10.3. The van der Waals surface area contributed by atoms with Crippen LogP contribution in [0.1, 0.15) is 10.5 Å². The fraction of sp³-hybridized carbons (Fsp3) is 0.0667. The summed E-state index contributed by atoms with van der Waals surface area (Å²) in [5.74, 6) is 0.411. The molecule has 0 atom stereocenters. The maximum atomic E-state index is 12.1. The number of carbonyl (C=O) groups excluding carboxylic acids is 1. The highest BCUT2D eigenvalue weighted by molar-refractivity contribution is 7.20. The van der Waals surface area contributed by atoms with Gasteiger partial charge in [-0.2, -0.15) is 0 Å². The van der Waals surface area contributed by atoms with Gasteiger partial charge < -0.3 is 9.47 Å². The molecular formula is C15H11NO3S2. The van der Waals surface area contributed by atoms with Crippen molar-refractivity contribution in [1.82, 2.24) is 4.98 Å². The number of rotatable bonds is 4. The second-order valence-electron chi connectivity index (χ2n) is 4.06. The molecule has 0 saturated carbocycles. The first-order valence-corrected chi connectivity index (χ1v) is 7.88. The Labute approximate surface area is 129 Å². The van der Waals surface area contributed by atoms with Gasteiger partial charge in [0.1, 0.15) is 5.01 Å². The first kappa shape index (κ1) is 13.8. The molecule has 21 heavy (non-hydrogen) atoms. The van der Waals surface area contributed by atoms with Crippen molar-refractivity contribution in [3.05, 3.63) is 52.9 Å². The quantitative estimate of drug-likeness (QED) is 0.537. The molecule has 106 valence electrons. The monoisotopic (exact) mass is 317 g/mol. The van der Waals surface area contributed by atoms with Crippen LogP contribution < -0.4 is 9.47 Å². The zero-order valence-electron chi connectivity index (χ0n) is 11.1. The zero-order valence-corrected chi connectivity index (χ0v) is 12.7. The van der Waals surface area contributed by atoms with E-state index in [0.29, 0.717) is 17.2 Å². The molecule has 0 saturated heterocycles. The summed E-state index contributed by atoms with van der Waals surface area (Å²) in [6.07, 6.45) is 0. The average molecular weight is 317 g/mol. The van der Waals surface area contributed by atoms with Crippen LogP contribution in [0.2, 0.25) is 0 Å². The minimum atomic E-state index is -0.487.